The molecule has 1 unspecified atom stereocenters. The van der Waals surface area contributed by atoms with Crippen molar-refractivity contribution in [3.63, 3.8) is 0 Å². The van der Waals surface area contributed by atoms with Crippen molar-refractivity contribution in [3.05, 3.63) is 29.6 Å². The topological polar surface area (TPSA) is 72.5 Å². The largest absolute Gasteiger partial charge is 0.493 e. The molecule has 0 saturated carbocycles. The highest BCUT2D eigenvalue weighted by atomic mass is 79.9. The minimum Gasteiger partial charge on any atom is -0.493 e. The third-order valence-corrected chi connectivity index (χ3v) is 2.11. The lowest BCUT2D eigenvalue weighted by Crippen LogP contribution is -2.22. The number of carboxylic acids is 1. The van der Waals surface area contributed by atoms with Crippen LogP contribution in [0, 0.1) is 5.82 Å². The number of methoxy groups -OCH3 is 1. The Kier molecular flexibility index (Phi) is 5.98. The average molecular weight is 294 g/mol. The molecule has 0 radical (unpaired) electrons. The Bertz CT molecular complexity index is 373. The van der Waals surface area contributed by atoms with Gasteiger partial charge in [0.05, 0.1) is 13.0 Å². The van der Waals surface area contributed by atoms with E-state index < -0.39 is 17.7 Å². The van der Waals surface area contributed by atoms with Crippen molar-refractivity contribution in [1.82, 2.24) is 0 Å². The van der Waals surface area contributed by atoms with Crippen LogP contribution >= 0.6 is 17.0 Å². The van der Waals surface area contributed by atoms with E-state index in [1.165, 1.54) is 25.3 Å². The van der Waals surface area contributed by atoms with Crippen molar-refractivity contribution in [3.8, 4) is 5.75 Å². The standard InChI is InChI=1S/C10H12FNO3.BrH/c1-15-9-6(3-2-4-8(9)11)7(5-12)10(13)14;/h2-4,7H,5,12H2,1H3,(H,13,14);1H. The molecule has 0 fully saturated rings. The Balaban J connectivity index is 0.00000225. The van der Waals surface area contributed by atoms with Crippen LogP contribution in [-0.2, 0) is 4.79 Å². The van der Waals surface area contributed by atoms with Crippen LogP contribution in [0.15, 0.2) is 18.2 Å². The van der Waals surface area contributed by atoms with Crippen molar-refractivity contribution < 1.29 is 19.0 Å². The van der Waals surface area contributed by atoms with Gasteiger partial charge in [0.2, 0.25) is 0 Å². The smallest absolute Gasteiger partial charge is 0.312 e. The summed E-state index contributed by atoms with van der Waals surface area (Å²) in [6, 6.07) is 4.13. The summed E-state index contributed by atoms with van der Waals surface area (Å²) in [7, 11) is 1.29. The zero-order valence-electron chi connectivity index (χ0n) is 8.64. The quantitative estimate of drug-likeness (QED) is 0.883. The maximum absolute atomic E-state index is 13.3. The van der Waals surface area contributed by atoms with Gasteiger partial charge < -0.3 is 15.6 Å². The summed E-state index contributed by atoms with van der Waals surface area (Å²) in [5, 5.41) is 8.88. The van der Waals surface area contributed by atoms with Gasteiger partial charge in [0.25, 0.3) is 0 Å². The van der Waals surface area contributed by atoms with E-state index in [9.17, 15) is 9.18 Å². The molecule has 0 saturated heterocycles. The number of benzene rings is 1. The molecule has 0 heterocycles. The molecule has 0 aliphatic rings. The van der Waals surface area contributed by atoms with E-state index >= 15 is 0 Å². The fourth-order valence-electron chi connectivity index (χ4n) is 1.38. The second kappa shape index (κ2) is 6.44. The molecule has 1 atom stereocenters. The number of rotatable bonds is 4. The molecular weight excluding hydrogens is 281 g/mol. The Morgan fingerprint density at radius 2 is 2.25 bits per heavy atom. The zero-order chi connectivity index (χ0) is 11.4. The van der Waals surface area contributed by atoms with Gasteiger partial charge in [0, 0.05) is 12.1 Å². The number of halogens is 2. The van der Waals surface area contributed by atoms with Crippen LogP contribution in [0.3, 0.4) is 0 Å². The number of hydrogen-bond acceptors (Lipinski definition) is 3. The number of carboxylic acid groups (broad SMARTS) is 1. The predicted octanol–water partition coefficient (Wildman–Crippen LogP) is 1.54. The van der Waals surface area contributed by atoms with E-state index in [1.54, 1.807) is 0 Å². The van der Waals surface area contributed by atoms with Crippen LogP contribution in [-0.4, -0.2) is 24.7 Å². The fourth-order valence-corrected chi connectivity index (χ4v) is 1.38. The van der Waals surface area contributed by atoms with Gasteiger partial charge in [-0.2, -0.15) is 0 Å². The molecular formula is C10H13BrFNO3. The van der Waals surface area contributed by atoms with Crippen LogP contribution < -0.4 is 10.5 Å². The summed E-state index contributed by atoms with van der Waals surface area (Å²) >= 11 is 0. The molecule has 3 N–H and O–H groups in total. The number of nitrogens with two attached hydrogens (primary N) is 1. The van der Waals surface area contributed by atoms with Crippen molar-refractivity contribution in [2.24, 2.45) is 5.73 Å². The first kappa shape index (κ1) is 14.9. The lowest BCUT2D eigenvalue weighted by Gasteiger charge is -2.14. The second-order valence-electron chi connectivity index (χ2n) is 2.99. The third-order valence-electron chi connectivity index (χ3n) is 2.11. The first-order valence-electron chi connectivity index (χ1n) is 4.37. The first-order chi connectivity index (χ1) is 7.11. The summed E-state index contributed by atoms with van der Waals surface area (Å²) in [6.07, 6.45) is 0. The Morgan fingerprint density at radius 3 is 2.69 bits per heavy atom. The molecule has 0 aliphatic heterocycles. The van der Waals surface area contributed by atoms with Gasteiger partial charge in [-0.3, -0.25) is 4.79 Å². The molecule has 0 aliphatic carbocycles. The molecule has 6 heteroatoms. The number of ether oxygens (including phenoxy) is 1. The maximum Gasteiger partial charge on any atom is 0.312 e. The lowest BCUT2D eigenvalue weighted by atomic mass is 9.98. The predicted molar refractivity (Wildman–Crippen MR) is 62.7 cm³/mol. The van der Waals surface area contributed by atoms with Gasteiger partial charge in [0.1, 0.15) is 0 Å². The van der Waals surface area contributed by atoms with Crippen molar-refractivity contribution in [2.75, 3.05) is 13.7 Å². The minimum absolute atomic E-state index is 0. The first-order valence-corrected chi connectivity index (χ1v) is 4.37. The van der Waals surface area contributed by atoms with Gasteiger partial charge in [-0.25, -0.2) is 4.39 Å². The summed E-state index contributed by atoms with van der Waals surface area (Å²) in [4.78, 5) is 10.9. The zero-order valence-corrected chi connectivity index (χ0v) is 10.4. The van der Waals surface area contributed by atoms with E-state index in [-0.39, 0.29) is 34.8 Å². The minimum atomic E-state index is -1.10. The van der Waals surface area contributed by atoms with Crippen molar-refractivity contribution in [2.45, 2.75) is 5.92 Å². The molecule has 90 valence electrons. The third kappa shape index (κ3) is 2.93. The number of aliphatic carboxylic acids is 1. The average Bonchev–Trinajstić information content (AvgIpc) is 2.18. The van der Waals surface area contributed by atoms with Crippen LogP contribution in [0.2, 0.25) is 0 Å². The van der Waals surface area contributed by atoms with Gasteiger partial charge in [-0.1, -0.05) is 12.1 Å². The number of carbonyl (C=O) groups is 1. The molecule has 0 amide bonds. The van der Waals surface area contributed by atoms with Crippen LogP contribution in [0.25, 0.3) is 0 Å². The van der Waals surface area contributed by atoms with Gasteiger partial charge >= 0.3 is 5.97 Å². The Labute approximate surface area is 103 Å². The van der Waals surface area contributed by atoms with Crippen LogP contribution in [0.5, 0.6) is 5.75 Å². The van der Waals surface area contributed by atoms with E-state index in [2.05, 4.69) is 0 Å². The summed E-state index contributed by atoms with van der Waals surface area (Å²) in [6.45, 7) is -0.102. The molecule has 1 rings (SSSR count). The van der Waals surface area contributed by atoms with E-state index in [0.29, 0.717) is 0 Å². The highest BCUT2D eigenvalue weighted by Gasteiger charge is 2.23. The van der Waals surface area contributed by atoms with E-state index in [1.807, 2.05) is 0 Å². The summed E-state index contributed by atoms with van der Waals surface area (Å²) < 4.78 is 18.1. The lowest BCUT2D eigenvalue weighted by molar-refractivity contribution is -0.138. The SMILES string of the molecule is Br.COc1c(F)cccc1C(CN)C(=O)O. The van der Waals surface area contributed by atoms with Gasteiger partial charge in [-0.15, -0.1) is 17.0 Å². The molecule has 4 nitrogen and oxygen atoms in total. The molecule has 0 aromatic heterocycles. The van der Waals surface area contributed by atoms with E-state index in [0.717, 1.165) is 0 Å². The molecule has 1 aromatic rings. The Morgan fingerprint density at radius 1 is 1.62 bits per heavy atom. The monoisotopic (exact) mass is 293 g/mol. The highest BCUT2D eigenvalue weighted by Crippen LogP contribution is 2.28. The van der Waals surface area contributed by atoms with Gasteiger partial charge in [0.15, 0.2) is 11.6 Å². The highest BCUT2D eigenvalue weighted by molar-refractivity contribution is 8.93. The second-order valence-corrected chi connectivity index (χ2v) is 2.99. The van der Waals surface area contributed by atoms with Crippen molar-refractivity contribution in [1.29, 1.82) is 0 Å². The van der Waals surface area contributed by atoms with E-state index in [4.69, 9.17) is 15.6 Å². The molecule has 1 aromatic carbocycles. The summed E-state index contributed by atoms with van der Waals surface area (Å²) in [5.41, 5.74) is 5.58. The maximum atomic E-state index is 13.3. The fraction of sp³-hybridized carbons (Fsp3) is 0.300. The van der Waals surface area contributed by atoms with Gasteiger partial charge in [-0.05, 0) is 6.07 Å². The number of para-hydroxylation sites is 1. The molecule has 16 heavy (non-hydrogen) atoms. The van der Waals surface area contributed by atoms with Crippen LogP contribution in [0.4, 0.5) is 4.39 Å². The Hall–Kier alpha value is -1.14. The van der Waals surface area contributed by atoms with Crippen molar-refractivity contribution >= 4 is 23.0 Å². The normalized spacial score (nSPS) is 11.4. The summed E-state index contributed by atoms with van der Waals surface area (Å²) in [5.74, 6) is -2.69. The number of hydrogen-bond donors (Lipinski definition) is 2. The van der Waals surface area contributed by atoms with Crippen LogP contribution in [0.1, 0.15) is 11.5 Å². The molecule has 0 spiro atoms. The molecule has 0 bridgehead atoms.